The van der Waals surface area contributed by atoms with Crippen molar-refractivity contribution in [3.63, 3.8) is 0 Å². The van der Waals surface area contributed by atoms with Crippen LogP contribution in [0, 0.1) is 11.8 Å². The summed E-state index contributed by atoms with van der Waals surface area (Å²) in [5.41, 5.74) is -1.05. The van der Waals surface area contributed by atoms with E-state index in [0.29, 0.717) is 5.56 Å². The van der Waals surface area contributed by atoms with Gasteiger partial charge < -0.3 is 14.6 Å². The fraction of sp³-hybridized carbons (Fsp3) is 0.471. The maximum Gasteiger partial charge on any atom is 0.316 e. The first kappa shape index (κ1) is 18.6. The van der Waals surface area contributed by atoms with Crippen molar-refractivity contribution in [1.82, 2.24) is 0 Å². The zero-order valence-corrected chi connectivity index (χ0v) is 15.2. The molecule has 0 saturated heterocycles. The zero-order valence-electron chi connectivity index (χ0n) is 13.6. The lowest BCUT2D eigenvalue weighted by atomic mass is 9.62. The molecule has 7 heteroatoms. The van der Waals surface area contributed by atoms with Crippen molar-refractivity contribution >= 4 is 33.7 Å². The van der Waals surface area contributed by atoms with E-state index < -0.39 is 41.1 Å². The van der Waals surface area contributed by atoms with Gasteiger partial charge in [0.25, 0.3) is 0 Å². The molecule has 0 bridgehead atoms. The fourth-order valence-corrected chi connectivity index (χ4v) is 3.80. The molecular formula is C17H19BrO6. The largest absolute Gasteiger partial charge is 0.469 e. The molecule has 24 heavy (non-hydrogen) atoms. The molecule has 0 radical (unpaired) electrons. The zero-order chi connectivity index (χ0) is 18.1. The Morgan fingerprint density at radius 1 is 1.25 bits per heavy atom. The summed E-state index contributed by atoms with van der Waals surface area (Å²) in [5.74, 6) is -4.98. The van der Waals surface area contributed by atoms with Gasteiger partial charge in [-0.3, -0.25) is 14.4 Å². The van der Waals surface area contributed by atoms with Crippen LogP contribution in [0.2, 0.25) is 0 Å². The number of Topliss-reactive ketones (excluding diaryl/α,β-unsaturated/α-hetero) is 1. The van der Waals surface area contributed by atoms with E-state index in [1.54, 1.807) is 24.3 Å². The highest BCUT2D eigenvalue weighted by Gasteiger charge is 2.56. The molecule has 0 aromatic heterocycles. The van der Waals surface area contributed by atoms with Crippen molar-refractivity contribution in [1.29, 1.82) is 0 Å². The minimum absolute atomic E-state index is 0.322. The molecule has 1 fully saturated rings. The predicted molar refractivity (Wildman–Crippen MR) is 88.1 cm³/mol. The Bertz CT molecular complexity index is 669. The van der Waals surface area contributed by atoms with E-state index in [4.69, 9.17) is 9.47 Å². The van der Waals surface area contributed by atoms with Crippen molar-refractivity contribution in [3.8, 4) is 0 Å². The van der Waals surface area contributed by atoms with E-state index in [2.05, 4.69) is 15.9 Å². The number of ketones is 1. The summed E-state index contributed by atoms with van der Waals surface area (Å²) in [4.78, 5) is 37.1. The number of hydrogen-bond acceptors (Lipinski definition) is 6. The SMILES string of the molecule is COC(=O)[C@H]1C(=O)C[C@](C)(O)[C@@H](C(=O)OC)[C@H]1c1cccc(Br)c1. The van der Waals surface area contributed by atoms with Gasteiger partial charge in [-0.05, 0) is 24.6 Å². The molecule has 1 aliphatic rings. The van der Waals surface area contributed by atoms with Crippen LogP contribution in [-0.4, -0.2) is 42.6 Å². The standard InChI is InChI=1S/C17H19BrO6/c1-17(22)8-11(19)13(15(20)23-2)12(14(17)16(21)24-3)9-5-4-6-10(18)7-9/h4-7,12-14,22H,8H2,1-3H3/t12-,13-,14+,17-/m0/s1. The van der Waals surface area contributed by atoms with Crippen LogP contribution in [-0.2, 0) is 23.9 Å². The number of carbonyl (C=O) groups excluding carboxylic acids is 3. The molecular weight excluding hydrogens is 380 g/mol. The van der Waals surface area contributed by atoms with Crippen LogP contribution in [0.4, 0.5) is 0 Å². The lowest BCUT2D eigenvalue weighted by Crippen LogP contribution is -2.55. The van der Waals surface area contributed by atoms with E-state index in [1.165, 1.54) is 21.1 Å². The molecule has 0 unspecified atom stereocenters. The average molecular weight is 399 g/mol. The van der Waals surface area contributed by atoms with E-state index in [-0.39, 0.29) is 6.42 Å². The average Bonchev–Trinajstić information content (AvgIpc) is 2.52. The van der Waals surface area contributed by atoms with Gasteiger partial charge >= 0.3 is 11.9 Å². The van der Waals surface area contributed by atoms with E-state index in [1.807, 2.05) is 0 Å². The fourth-order valence-electron chi connectivity index (χ4n) is 3.38. The number of aliphatic hydroxyl groups is 1. The molecule has 4 atom stereocenters. The van der Waals surface area contributed by atoms with Gasteiger partial charge in [0, 0.05) is 16.8 Å². The molecule has 0 amide bonds. The number of hydrogen-bond donors (Lipinski definition) is 1. The Hall–Kier alpha value is -1.73. The van der Waals surface area contributed by atoms with Crippen molar-refractivity contribution in [2.45, 2.75) is 24.9 Å². The number of ether oxygens (including phenoxy) is 2. The highest BCUT2D eigenvalue weighted by Crippen LogP contribution is 2.46. The summed E-state index contributed by atoms with van der Waals surface area (Å²) >= 11 is 3.34. The third-order valence-corrected chi connectivity index (χ3v) is 4.90. The summed E-state index contributed by atoms with van der Waals surface area (Å²) in [6.45, 7) is 1.41. The predicted octanol–water partition coefficient (Wildman–Crippen LogP) is 1.83. The summed E-state index contributed by atoms with van der Waals surface area (Å²) in [5, 5.41) is 10.7. The minimum Gasteiger partial charge on any atom is -0.469 e. The molecule has 1 aromatic carbocycles. The molecule has 0 spiro atoms. The first-order valence-electron chi connectivity index (χ1n) is 7.39. The maximum absolute atomic E-state index is 12.5. The first-order valence-corrected chi connectivity index (χ1v) is 8.18. The number of benzene rings is 1. The van der Waals surface area contributed by atoms with E-state index in [9.17, 15) is 19.5 Å². The molecule has 1 aromatic rings. The van der Waals surface area contributed by atoms with Crippen LogP contribution in [0.25, 0.3) is 0 Å². The van der Waals surface area contributed by atoms with Crippen LogP contribution >= 0.6 is 15.9 Å². The molecule has 130 valence electrons. The van der Waals surface area contributed by atoms with Gasteiger partial charge in [-0.1, -0.05) is 28.1 Å². The minimum atomic E-state index is -1.62. The van der Waals surface area contributed by atoms with Gasteiger partial charge in [-0.2, -0.15) is 0 Å². The third kappa shape index (κ3) is 3.37. The summed E-state index contributed by atoms with van der Waals surface area (Å²) in [6, 6.07) is 6.93. The Morgan fingerprint density at radius 3 is 2.42 bits per heavy atom. The van der Waals surface area contributed by atoms with Crippen molar-refractivity contribution < 1.29 is 29.0 Å². The maximum atomic E-state index is 12.5. The highest BCUT2D eigenvalue weighted by atomic mass is 79.9. The molecule has 0 heterocycles. The molecule has 1 N–H and O–H groups in total. The van der Waals surface area contributed by atoms with E-state index in [0.717, 1.165) is 4.47 Å². The quantitative estimate of drug-likeness (QED) is 0.616. The number of esters is 2. The van der Waals surface area contributed by atoms with Crippen molar-refractivity contribution in [2.75, 3.05) is 14.2 Å². The summed E-state index contributed by atoms with van der Waals surface area (Å²) < 4.78 is 10.3. The monoisotopic (exact) mass is 398 g/mol. The normalized spacial score (nSPS) is 29.9. The Morgan fingerprint density at radius 2 is 1.88 bits per heavy atom. The summed E-state index contributed by atoms with van der Waals surface area (Å²) in [6.07, 6.45) is -0.322. The molecule has 0 aliphatic heterocycles. The number of halogens is 1. The number of carbonyl (C=O) groups is 3. The van der Waals surface area contributed by atoms with Crippen molar-refractivity contribution in [2.24, 2.45) is 11.8 Å². The van der Waals surface area contributed by atoms with Crippen molar-refractivity contribution in [3.05, 3.63) is 34.3 Å². The second-order valence-corrected chi connectivity index (χ2v) is 7.00. The van der Waals surface area contributed by atoms with Gasteiger partial charge in [0.15, 0.2) is 5.78 Å². The van der Waals surface area contributed by atoms with Gasteiger partial charge in [-0.15, -0.1) is 0 Å². The second kappa shape index (κ2) is 7.03. The number of rotatable bonds is 3. The van der Waals surface area contributed by atoms with E-state index >= 15 is 0 Å². The lowest BCUT2D eigenvalue weighted by molar-refractivity contribution is -0.170. The van der Waals surface area contributed by atoms with Crippen LogP contribution < -0.4 is 0 Å². The Labute approximate surface area is 148 Å². The van der Waals surface area contributed by atoms with Crippen LogP contribution in [0.15, 0.2) is 28.7 Å². The third-order valence-electron chi connectivity index (χ3n) is 4.41. The summed E-state index contributed by atoms with van der Waals surface area (Å²) in [7, 11) is 2.40. The van der Waals surface area contributed by atoms with Gasteiger partial charge in [0.1, 0.15) is 5.92 Å². The Kier molecular flexibility index (Phi) is 5.45. The molecule has 1 saturated carbocycles. The van der Waals surface area contributed by atoms with Crippen LogP contribution in [0.1, 0.15) is 24.8 Å². The molecule has 1 aliphatic carbocycles. The number of methoxy groups -OCH3 is 2. The van der Waals surface area contributed by atoms with Gasteiger partial charge in [0.2, 0.25) is 0 Å². The topological polar surface area (TPSA) is 89.9 Å². The smallest absolute Gasteiger partial charge is 0.316 e. The molecule has 2 rings (SSSR count). The molecule has 6 nitrogen and oxygen atoms in total. The first-order chi connectivity index (χ1) is 11.2. The van der Waals surface area contributed by atoms with Gasteiger partial charge in [-0.25, -0.2) is 0 Å². The highest BCUT2D eigenvalue weighted by molar-refractivity contribution is 9.10. The van der Waals surface area contributed by atoms with Gasteiger partial charge in [0.05, 0.1) is 25.7 Å². The second-order valence-electron chi connectivity index (χ2n) is 6.08. The lowest BCUT2D eigenvalue weighted by Gasteiger charge is -2.43. The van der Waals surface area contributed by atoms with Crippen LogP contribution in [0.5, 0.6) is 0 Å². The van der Waals surface area contributed by atoms with Crippen LogP contribution in [0.3, 0.4) is 0 Å². The Balaban J connectivity index is 2.65.